The first-order valence-corrected chi connectivity index (χ1v) is 5.67. The number of nitrogens with two attached hydrogens (primary N) is 1. The summed E-state index contributed by atoms with van der Waals surface area (Å²) < 4.78 is 0. The fourth-order valence-electron chi connectivity index (χ4n) is 2.39. The van der Waals surface area contributed by atoms with Gasteiger partial charge in [0.15, 0.2) is 0 Å². The summed E-state index contributed by atoms with van der Waals surface area (Å²) in [6.45, 7) is 0. The topological polar surface area (TPSA) is 26.0 Å². The van der Waals surface area contributed by atoms with Crippen molar-refractivity contribution in [2.75, 3.05) is 0 Å². The van der Waals surface area contributed by atoms with Gasteiger partial charge in [0.05, 0.1) is 0 Å². The largest absolute Gasteiger partial charge is 0.328 e. The Kier molecular flexibility index (Phi) is 3.20. The lowest BCUT2D eigenvalue weighted by molar-refractivity contribution is 0.568. The lowest BCUT2D eigenvalue weighted by atomic mass is 9.92. The van der Waals surface area contributed by atoms with Crippen LogP contribution in [0.2, 0.25) is 0 Å². The summed E-state index contributed by atoms with van der Waals surface area (Å²) in [4.78, 5) is 0. The summed E-state index contributed by atoms with van der Waals surface area (Å²) in [7, 11) is 0. The van der Waals surface area contributed by atoms with E-state index in [1.807, 2.05) is 0 Å². The van der Waals surface area contributed by atoms with Gasteiger partial charge in [-0.2, -0.15) is 0 Å². The van der Waals surface area contributed by atoms with Gasteiger partial charge in [0.2, 0.25) is 0 Å². The van der Waals surface area contributed by atoms with Crippen LogP contribution in [0.15, 0.2) is 30.3 Å². The molecule has 1 aromatic carbocycles. The van der Waals surface area contributed by atoms with Crippen molar-refractivity contribution in [2.24, 2.45) is 5.73 Å². The Hall–Kier alpha value is -0.820. The Morgan fingerprint density at radius 3 is 2.50 bits per heavy atom. The molecular weight excluding hydrogens is 170 g/mol. The molecular formula is C13H19N. The summed E-state index contributed by atoms with van der Waals surface area (Å²) in [5, 5.41) is 0. The molecule has 0 unspecified atom stereocenters. The summed E-state index contributed by atoms with van der Waals surface area (Å²) in [5.41, 5.74) is 7.48. The highest BCUT2D eigenvalue weighted by atomic mass is 14.6. The van der Waals surface area contributed by atoms with Gasteiger partial charge in [-0.25, -0.2) is 0 Å². The number of hydrogen-bond donors (Lipinski definition) is 1. The Bertz CT molecular complexity index is 268. The minimum atomic E-state index is 0.448. The lowest BCUT2D eigenvalue weighted by Gasteiger charge is -2.14. The van der Waals surface area contributed by atoms with E-state index in [0.717, 1.165) is 5.92 Å². The SMILES string of the molecule is N[C@H]1CCC[C@@H](c2ccccc2)CC1. The third-order valence-corrected chi connectivity index (χ3v) is 3.28. The van der Waals surface area contributed by atoms with Gasteiger partial charge in [0, 0.05) is 6.04 Å². The van der Waals surface area contributed by atoms with Crippen molar-refractivity contribution in [3.8, 4) is 0 Å². The Morgan fingerprint density at radius 1 is 0.929 bits per heavy atom. The van der Waals surface area contributed by atoms with Crippen LogP contribution in [0, 0.1) is 0 Å². The first-order chi connectivity index (χ1) is 6.86. The van der Waals surface area contributed by atoms with Crippen molar-refractivity contribution in [1.82, 2.24) is 0 Å². The van der Waals surface area contributed by atoms with Crippen LogP contribution in [-0.4, -0.2) is 6.04 Å². The molecule has 0 aromatic heterocycles. The van der Waals surface area contributed by atoms with E-state index < -0.39 is 0 Å². The fraction of sp³-hybridized carbons (Fsp3) is 0.538. The highest BCUT2D eigenvalue weighted by Crippen LogP contribution is 2.30. The monoisotopic (exact) mass is 189 g/mol. The van der Waals surface area contributed by atoms with E-state index in [1.54, 1.807) is 0 Å². The Morgan fingerprint density at radius 2 is 1.71 bits per heavy atom. The van der Waals surface area contributed by atoms with Crippen LogP contribution in [0.1, 0.15) is 43.6 Å². The predicted octanol–water partition coefficient (Wildman–Crippen LogP) is 3.06. The summed E-state index contributed by atoms with van der Waals surface area (Å²) in [6.07, 6.45) is 6.28. The van der Waals surface area contributed by atoms with E-state index in [4.69, 9.17) is 5.73 Å². The molecule has 1 aliphatic rings. The van der Waals surface area contributed by atoms with Crippen molar-refractivity contribution >= 4 is 0 Å². The second kappa shape index (κ2) is 4.61. The molecule has 0 radical (unpaired) electrons. The van der Waals surface area contributed by atoms with Gasteiger partial charge in [-0.05, 0) is 37.2 Å². The average Bonchev–Trinajstić information content (AvgIpc) is 2.44. The van der Waals surface area contributed by atoms with E-state index in [9.17, 15) is 0 Å². The molecule has 0 saturated heterocycles. The van der Waals surface area contributed by atoms with Crippen LogP contribution in [0.5, 0.6) is 0 Å². The lowest BCUT2D eigenvalue weighted by Crippen LogP contribution is -2.17. The van der Waals surface area contributed by atoms with E-state index in [0.29, 0.717) is 6.04 Å². The highest BCUT2D eigenvalue weighted by Gasteiger charge is 2.17. The zero-order valence-electron chi connectivity index (χ0n) is 8.65. The molecule has 0 amide bonds. The average molecular weight is 189 g/mol. The van der Waals surface area contributed by atoms with Gasteiger partial charge in [-0.1, -0.05) is 36.8 Å². The van der Waals surface area contributed by atoms with Crippen LogP contribution in [0.3, 0.4) is 0 Å². The van der Waals surface area contributed by atoms with Crippen LogP contribution in [-0.2, 0) is 0 Å². The van der Waals surface area contributed by atoms with Crippen molar-refractivity contribution < 1.29 is 0 Å². The van der Waals surface area contributed by atoms with Gasteiger partial charge in [-0.3, -0.25) is 0 Å². The zero-order valence-corrected chi connectivity index (χ0v) is 8.65. The Labute approximate surface area is 86.3 Å². The standard InChI is InChI=1S/C13H19N/c14-13-8-4-7-12(9-10-13)11-5-2-1-3-6-11/h1-3,5-6,12-13H,4,7-10,14H2/t12-,13+/m1/s1. The predicted molar refractivity (Wildman–Crippen MR) is 60.2 cm³/mol. The summed E-state index contributed by atoms with van der Waals surface area (Å²) in [6, 6.07) is 11.3. The van der Waals surface area contributed by atoms with E-state index in [-0.39, 0.29) is 0 Å². The number of benzene rings is 1. The maximum Gasteiger partial charge on any atom is 0.00390 e. The fourth-order valence-corrected chi connectivity index (χ4v) is 2.39. The van der Waals surface area contributed by atoms with Gasteiger partial charge in [0.25, 0.3) is 0 Å². The molecule has 0 bridgehead atoms. The molecule has 1 aromatic rings. The van der Waals surface area contributed by atoms with Crippen LogP contribution >= 0.6 is 0 Å². The van der Waals surface area contributed by atoms with Crippen LogP contribution < -0.4 is 5.73 Å². The molecule has 2 N–H and O–H groups in total. The van der Waals surface area contributed by atoms with Crippen molar-refractivity contribution in [3.05, 3.63) is 35.9 Å². The molecule has 1 aliphatic carbocycles. The Balaban J connectivity index is 2.04. The van der Waals surface area contributed by atoms with Crippen molar-refractivity contribution in [3.63, 3.8) is 0 Å². The first kappa shape index (κ1) is 9.72. The van der Waals surface area contributed by atoms with Crippen LogP contribution in [0.25, 0.3) is 0 Å². The maximum atomic E-state index is 5.98. The molecule has 76 valence electrons. The van der Waals surface area contributed by atoms with Crippen molar-refractivity contribution in [1.29, 1.82) is 0 Å². The normalized spacial score (nSPS) is 28.4. The third kappa shape index (κ3) is 2.36. The smallest absolute Gasteiger partial charge is 0.00390 e. The van der Waals surface area contributed by atoms with Gasteiger partial charge >= 0.3 is 0 Å². The molecule has 1 saturated carbocycles. The number of hydrogen-bond acceptors (Lipinski definition) is 1. The molecule has 14 heavy (non-hydrogen) atoms. The first-order valence-electron chi connectivity index (χ1n) is 5.67. The quantitative estimate of drug-likeness (QED) is 0.675. The molecule has 0 aliphatic heterocycles. The molecule has 1 nitrogen and oxygen atoms in total. The minimum absolute atomic E-state index is 0.448. The van der Waals surface area contributed by atoms with E-state index >= 15 is 0 Å². The van der Waals surface area contributed by atoms with Gasteiger partial charge in [-0.15, -0.1) is 0 Å². The van der Waals surface area contributed by atoms with Gasteiger partial charge < -0.3 is 5.73 Å². The highest BCUT2D eigenvalue weighted by molar-refractivity contribution is 5.19. The minimum Gasteiger partial charge on any atom is -0.328 e. The van der Waals surface area contributed by atoms with E-state index in [1.165, 1.54) is 37.7 Å². The maximum absolute atomic E-state index is 5.98. The second-order valence-electron chi connectivity index (χ2n) is 4.38. The second-order valence-corrected chi connectivity index (χ2v) is 4.38. The molecule has 1 heteroatoms. The zero-order chi connectivity index (χ0) is 9.80. The van der Waals surface area contributed by atoms with Crippen molar-refractivity contribution in [2.45, 2.75) is 44.1 Å². The molecule has 0 spiro atoms. The van der Waals surface area contributed by atoms with Gasteiger partial charge in [0.1, 0.15) is 0 Å². The summed E-state index contributed by atoms with van der Waals surface area (Å²) in [5.74, 6) is 0.754. The third-order valence-electron chi connectivity index (χ3n) is 3.28. The number of rotatable bonds is 1. The molecule has 2 rings (SSSR count). The summed E-state index contributed by atoms with van der Waals surface area (Å²) >= 11 is 0. The van der Waals surface area contributed by atoms with E-state index in [2.05, 4.69) is 30.3 Å². The van der Waals surface area contributed by atoms with Crippen LogP contribution in [0.4, 0.5) is 0 Å². The molecule has 2 atom stereocenters. The molecule has 0 heterocycles. The molecule has 1 fully saturated rings.